The summed E-state index contributed by atoms with van der Waals surface area (Å²) in [6.07, 6.45) is 6.29. The smallest absolute Gasteiger partial charge is 0.201 e. The third-order valence-corrected chi connectivity index (χ3v) is 7.26. The zero-order valence-electron chi connectivity index (χ0n) is 19.6. The molecule has 0 bridgehead atoms. The summed E-state index contributed by atoms with van der Waals surface area (Å²) in [5, 5.41) is 14.9. The van der Waals surface area contributed by atoms with Crippen molar-refractivity contribution in [3.63, 3.8) is 0 Å². The van der Waals surface area contributed by atoms with Crippen molar-refractivity contribution >= 4 is 22.3 Å². The molecule has 7 heteroatoms. The molecule has 5 aromatic rings. The minimum atomic E-state index is 0.562. The van der Waals surface area contributed by atoms with Gasteiger partial charge in [0.1, 0.15) is 11.3 Å². The fourth-order valence-electron chi connectivity index (χ4n) is 5.40. The van der Waals surface area contributed by atoms with Gasteiger partial charge in [0.2, 0.25) is 5.82 Å². The van der Waals surface area contributed by atoms with Crippen LogP contribution in [0.5, 0.6) is 0 Å². The number of tetrazole rings is 1. The highest BCUT2D eigenvalue weighted by Gasteiger charge is 2.30. The van der Waals surface area contributed by atoms with Gasteiger partial charge in [0.15, 0.2) is 5.65 Å². The van der Waals surface area contributed by atoms with E-state index in [4.69, 9.17) is 4.98 Å². The Kier molecular flexibility index (Phi) is 4.62. The van der Waals surface area contributed by atoms with Gasteiger partial charge in [0.25, 0.3) is 0 Å². The van der Waals surface area contributed by atoms with E-state index in [0.717, 1.165) is 36.1 Å². The predicted octanol–water partition coefficient (Wildman–Crippen LogP) is 4.95. The number of aromatic nitrogens is 7. The maximum atomic E-state index is 4.93. The van der Waals surface area contributed by atoms with Crippen LogP contribution in [0.25, 0.3) is 22.3 Å². The number of benzene rings is 2. The first-order valence-electron chi connectivity index (χ1n) is 12.2. The summed E-state index contributed by atoms with van der Waals surface area (Å²) in [5.74, 6) is 2.37. The van der Waals surface area contributed by atoms with E-state index in [1.807, 2.05) is 12.3 Å². The topological polar surface area (TPSA) is 85.2 Å². The number of imidazole rings is 1. The minimum absolute atomic E-state index is 0.562. The van der Waals surface area contributed by atoms with Crippen LogP contribution in [0.15, 0.2) is 60.8 Å². The van der Waals surface area contributed by atoms with Crippen LogP contribution >= 0.6 is 0 Å². The van der Waals surface area contributed by atoms with E-state index in [1.165, 1.54) is 52.1 Å². The number of hydrogen-bond donors (Lipinski definition) is 1. The third kappa shape index (κ3) is 3.46. The van der Waals surface area contributed by atoms with Gasteiger partial charge >= 0.3 is 0 Å². The summed E-state index contributed by atoms with van der Waals surface area (Å²) in [4.78, 5) is 9.61. The number of fused-ring (bicyclic) bond motifs is 3. The summed E-state index contributed by atoms with van der Waals surface area (Å²) < 4.78 is 2.32. The third-order valence-electron chi connectivity index (χ3n) is 7.26. The van der Waals surface area contributed by atoms with E-state index in [-0.39, 0.29) is 0 Å². The SMILES string of the molecule is CC(=C1c2ccccc2CCc2cc(Cn3c(C4CC4)nc4cccnc43)ccc21)c1nn[nH]n1. The summed E-state index contributed by atoms with van der Waals surface area (Å²) in [5.41, 5.74) is 10.7. The molecule has 0 radical (unpaired) electrons. The summed E-state index contributed by atoms with van der Waals surface area (Å²) >= 11 is 0. The van der Waals surface area contributed by atoms with Gasteiger partial charge in [0.05, 0.1) is 6.54 Å². The number of rotatable bonds is 4. The maximum absolute atomic E-state index is 4.93. The number of H-pyrrole nitrogens is 1. The molecule has 1 N–H and O–H groups in total. The fraction of sp³-hybridized carbons (Fsp3) is 0.250. The average Bonchev–Trinajstić information content (AvgIpc) is 3.50. The van der Waals surface area contributed by atoms with Gasteiger partial charge in [-0.2, -0.15) is 5.21 Å². The molecule has 0 unspecified atom stereocenters. The molecule has 7 nitrogen and oxygen atoms in total. The molecule has 35 heavy (non-hydrogen) atoms. The molecule has 0 spiro atoms. The van der Waals surface area contributed by atoms with Crippen molar-refractivity contribution in [1.82, 2.24) is 35.2 Å². The van der Waals surface area contributed by atoms with Crippen molar-refractivity contribution in [2.24, 2.45) is 0 Å². The molecule has 2 aliphatic carbocycles. The van der Waals surface area contributed by atoms with Crippen LogP contribution in [0, 0.1) is 0 Å². The zero-order valence-corrected chi connectivity index (χ0v) is 19.6. The highest BCUT2D eigenvalue weighted by Crippen LogP contribution is 2.41. The van der Waals surface area contributed by atoms with Crippen LogP contribution in [0.3, 0.4) is 0 Å². The highest BCUT2D eigenvalue weighted by molar-refractivity contribution is 5.98. The summed E-state index contributed by atoms with van der Waals surface area (Å²) in [7, 11) is 0. The monoisotopic (exact) mass is 459 g/mol. The van der Waals surface area contributed by atoms with Crippen molar-refractivity contribution in [2.75, 3.05) is 0 Å². The molecule has 3 aromatic heterocycles. The minimum Gasteiger partial charge on any atom is -0.308 e. The van der Waals surface area contributed by atoms with Gasteiger partial charge in [-0.05, 0) is 83.3 Å². The number of allylic oxidation sites excluding steroid dienone is 1. The Morgan fingerprint density at radius 3 is 2.71 bits per heavy atom. The fourth-order valence-corrected chi connectivity index (χ4v) is 5.40. The Hall–Kier alpha value is -4.13. The van der Waals surface area contributed by atoms with Crippen LogP contribution < -0.4 is 0 Å². The highest BCUT2D eigenvalue weighted by atomic mass is 15.5. The van der Waals surface area contributed by atoms with Gasteiger partial charge in [-0.3, -0.25) is 0 Å². The van der Waals surface area contributed by atoms with Gasteiger partial charge < -0.3 is 4.57 Å². The molecule has 7 rings (SSSR count). The van der Waals surface area contributed by atoms with E-state index in [0.29, 0.717) is 11.7 Å². The van der Waals surface area contributed by atoms with Crippen LogP contribution in [0.1, 0.15) is 65.1 Å². The van der Waals surface area contributed by atoms with Gasteiger partial charge in [-0.25, -0.2) is 9.97 Å². The number of pyridine rings is 1. The quantitative estimate of drug-likeness (QED) is 0.411. The number of aromatic amines is 1. The van der Waals surface area contributed by atoms with Crippen molar-refractivity contribution in [3.8, 4) is 0 Å². The molecule has 1 fully saturated rings. The lowest BCUT2D eigenvalue weighted by Crippen LogP contribution is -2.06. The second kappa shape index (κ2) is 7.98. The van der Waals surface area contributed by atoms with E-state index in [9.17, 15) is 0 Å². The van der Waals surface area contributed by atoms with E-state index >= 15 is 0 Å². The van der Waals surface area contributed by atoms with E-state index < -0.39 is 0 Å². The Bertz CT molecular complexity index is 1590. The Morgan fingerprint density at radius 2 is 1.86 bits per heavy atom. The second-order valence-corrected chi connectivity index (χ2v) is 9.56. The average molecular weight is 460 g/mol. The van der Waals surface area contributed by atoms with Gasteiger partial charge in [-0.15, -0.1) is 10.2 Å². The number of nitrogens with one attached hydrogen (secondary N) is 1. The lowest BCUT2D eigenvalue weighted by Gasteiger charge is -2.16. The lowest BCUT2D eigenvalue weighted by atomic mass is 9.89. The molecule has 0 amide bonds. The normalized spacial score (nSPS) is 16.6. The Balaban J connectivity index is 1.35. The second-order valence-electron chi connectivity index (χ2n) is 9.56. The van der Waals surface area contributed by atoms with E-state index in [2.05, 4.69) is 85.6 Å². The maximum Gasteiger partial charge on any atom is 0.201 e. The molecule has 172 valence electrons. The first kappa shape index (κ1) is 20.3. The molecule has 2 aliphatic rings. The van der Waals surface area contributed by atoms with Crippen LogP contribution in [-0.2, 0) is 19.4 Å². The first-order chi connectivity index (χ1) is 17.3. The Labute approximate surface area is 202 Å². The van der Waals surface area contributed by atoms with E-state index in [1.54, 1.807) is 0 Å². The Morgan fingerprint density at radius 1 is 1.00 bits per heavy atom. The molecule has 3 heterocycles. The van der Waals surface area contributed by atoms with Crippen LogP contribution in [0.4, 0.5) is 0 Å². The molecule has 0 atom stereocenters. The molecule has 0 saturated heterocycles. The number of hydrogen-bond acceptors (Lipinski definition) is 5. The zero-order chi connectivity index (χ0) is 23.4. The van der Waals surface area contributed by atoms with Crippen molar-refractivity contribution in [3.05, 3.63) is 100 Å². The van der Waals surface area contributed by atoms with Crippen LogP contribution in [0.2, 0.25) is 0 Å². The number of nitrogens with zero attached hydrogens (tertiary/aromatic N) is 6. The molecule has 1 saturated carbocycles. The number of aryl methyl sites for hydroxylation is 2. The standard InChI is InChI=1S/C28H25N7/c1-17(26-31-33-34-32-26)25-22-6-3-2-5-19(22)9-12-21-15-18(8-13-23(21)25)16-35-27(20-10-11-20)30-24-7-4-14-29-28(24)35/h2-8,13-15,20H,9-12,16H2,1H3,(H,31,32,33,34). The molecule has 0 aliphatic heterocycles. The lowest BCUT2D eigenvalue weighted by molar-refractivity contribution is 0.739. The van der Waals surface area contributed by atoms with Crippen LogP contribution in [-0.4, -0.2) is 35.2 Å². The molecular weight excluding hydrogens is 434 g/mol. The van der Waals surface area contributed by atoms with Crippen molar-refractivity contribution < 1.29 is 0 Å². The molecule has 2 aromatic carbocycles. The first-order valence-corrected chi connectivity index (χ1v) is 12.2. The van der Waals surface area contributed by atoms with Gasteiger partial charge in [0, 0.05) is 17.7 Å². The van der Waals surface area contributed by atoms with Gasteiger partial charge in [-0.1, -0.05) is 42.5 Å². The molecular formula is C28H25N7. The van der Waals surface area contributed by atoms with Crippen molar-refractivity contribution in [2.45, 2.75) is 45.1 Å². The van der Waals surface area contributed by atoms with Crippen molar-refractivity contribution in [1.29, 1.82) is 0 Å². The predicted molar refractivity (Wildman–Crippen MR) is 135 cm³/mol. The summed E-state index contributed by atoms with van der Waals surface area (Å²) in [6, 6.07) is 19.6. The summed E-state index contributed by atoms with van der Waals surface area (Å²) in [6.45, 7) is 2.87. The largest absolute Gasteiger partial charge is 0.308 e.